The van der Waals surface area contributed by atoms with Crippen LogP contribution in [0.1, 0.15) is 40.3 Å². The second kappa shape index (κ2) is 15.2. The molecule has 0 bridgehead atoms. The van der Waals surface area contributed by atoms with E-state index in [1.54, 1.807) is 48.5 Å². The second-order valence-electron chi connectivity index (χ2n) is 15.9. The average Bonchev–Trinajstić information content (AvgIpc) is 3.76. The highest BCUT2D eigenvalue weighted by molar-refractivity contribution is 6.29. The van der Waals surface area contributed by atoms with Gasteiger partial charge in [0.25, 0.3) is 5.92 Å². The summed E-state index contributed by atoms with van der Waals surface area (Å²) < 4.78 is 248. The lowest BCUT2D eigenvalue weighted by molar-refractivity contribution is -0.148. The summed E-state index contributed by atoms with van der Waals surface area (Å²) in [6.07, 6.45) is -28.0. The summed E-state index contributed by atoms with van der Waals surface area (Å²) in [5, 5.41) is 1.82. The molecule has 2 heterocycles. The minimum Gasteiger partial charge on any atom is -0.309 e. The van der Waals surface area contributed by atoms with Gasteiger partial charge in [0.1, 0.15) is 0 Å². The summed E-state index contributed by atoms with van der Waals surface area (Å²) >= 11 is 0. The average molecular weight is 965 g/mol. The maximum Gasteiger partial charge on any atom is 0.417 e. The maximum atomic E-state index is 14.6. The number of hydrogen-bond donors (Lipinski definition) is 0. The van der Waals surface area contributed by atoms with Crippen molar-refractivity contribution in [2.75, 3.05) is 0 Å². The molecule has 0 aliphatic carbocycles. The molecule has 0 amide bonds. The van der Waals surface area contributed by atoms with Crippen LogP contribution >= 0.6 is 0 Å². The Hall–Kier alpha value is -7.05. The Kier molecular flexibility index (Phi) is 10.3. The SMILES string of the molecule is CC(F)(F)c1cc(C(F)(F)F)c(-c2cccc(-n3c4ccccc4c4c5c6ccccc6n(-c6cccc(-c7c(C(F)(F)F)cc(C(F)(F)F)cc7C(F)(F)F)c6)c5ccc43)c2)c(C(F)(F)F)c1. The Balaban J connectivity index is 1.31. The van der Waals surface area contributed by atoms with E-state index in [-0.39, 0.29) is 42.6 Å². The molecule has 9 aromatic rings. The first-order chi connectivity index (χ1) is 31.5. The fourth-order valence-corrected chi connectivity index (χ4v) is 8.89. The van der Waals surface area contributed by atoms with E-state index in [1.165, 1.54) is 39.5 Å². The molecule has 0 radical (unpaired) electrons. The first-order valence-corrected chi connectivity index (χ1v) is 19.8. The fraction of sp³-hybridized carbons (Fsp3) is 0.143. The van der Waals surface area contributed by atoms with Crippen LogP contribution in [0.2, 0.25) is 0 Å². The van der Waals surface area contributed by atoms with E-state index in [0.717, 1.165) is 30.3 Å². The third kappa shape index (κ3) is 7.74. The van der Waals surface area contributed by atoms with Gasteiger partial charge in [0.05, 0.1) is 49.9 Å². The zero-order chi connectivity index (χ0) is 49.3. The number of benzene rings is 7. The number of aromatic nitrogens is 2. The Morgan fingerprint density at radius 3 is 0.985 bits per heavy atom. The zero-order valence-electron chi connectivity index (χ0n) is 34.0. The molecule has 0 spiro atoms. The molecule has 19 heteroatoms. The van der Waals surface area contributed by atoms with E-state index in [0.29, 0.717) is 43.6 Å². The minimum atomic E-state index is -5.68. The van der Waals surface area contributed by atoms with Gasteiger partial charge in [-0.3, -0.25) is 0 Å². The number of para-hydroxylation sites is 2. The summed E-state index contributed by atoms with van der Waals surface area (Å²) in [5.41, 5.74) is -14.8. The van der Waals surface area contributed by atoms with Crippen LogP contribution in [0.3, 0.4) is 0 Å². The summed E-state index contributed by atoms with van der Waals surface area (Å²) in [6, 6.07) is 24.2. The molecule has 9 rings (SSSR count). The van der Waals surface area contributed by atoms with Crippen LogP contribution < -0.4 is 0 Å². The van der Waals surface area contributed by atoms with E-state index >= 15 is 0 Å². The van der Waals surface area contributed by atoms with E-state index in [2.05, 4.69) is 0 Å². The number of rotatable bonds is 5. The normalized spacial score (nSPS) is 13.4. The van der Waals surface area contributed by atoms with Crippen LogP contribution in [0.5, 0.6) is 0 Å². The molecule has 350 valence electrons. The number of alkyl halides is 17. The third-order valence-corrected chi connectivity index (χ3v) is 11.6. The summed E-state index contributed by atoms with van der Waals surface area (Å²) in [4.78, 5) is 0. The molecule has 7 aromatic carbocycles. The quantitative estimate of drug-likeness (QED) is 0.152. The molecule has 0 N–H and O–H groups in total. The second-order valence-corrected chi connectivity index (χ2v) is 15.9. The zero-order valence-corrected chi connectivity index (χ0v) is 34.0. The van der Waals surface area contributed by atoms with Gasteiger partial charge < -0.3 is 9.13 Å². The molecule has 0 saturated carbocycles. The smallest absolute Gasteiger partial charge is 0.309 e. The van der Waals surface area contributed by atoms with E-state index in [9.17, 15) is 74.6 Å². The molecule has 0 atom stereocenters. The summed E-state index contributed by atoms with van der Waals surface area (Å²) in [5.74, 6) is -4.08. The Morgan fingerprint density at radius 1 is 0.324 bits per heavy atom. The van der Waals surface area contributed by atoms with Gasteiger partial charge >= 0.3 is 30.9 Å². The molecule has 0 unspecified atom stereocenters. The predicted octanol–water partition coefficient (Wildman–Crippen LogP) is 17.4. The van der Waals surface area contributed by atoms with Crippen LogP contribution in [0.4, 0.5) is 74.6 Å². The van der Waals surface area contributed by atoms with Crippen molar-refractivity contribution in [2.24, 2.45) is 0 Å². The largest absolute Gasteiger partial charge is 0.417 e. The summed E-state index contributed by atoms with van der Waals surface area (Å²) in [6.45, 7) is 0.167. The van der Waals surface area contributed by atoms with Crippen molar-refractivity contribution in [3.8, 4) is 33.6 Å². The number of nitrogens with zero attached hydrogens (tertiary/aromatic N) is 2. The minimum absolute atomic E-state index is 0.0153. The van der Waals surface area contributed by atoms with Crippen molar-refractivity contribution in [1.29, 1.82) is 0 Å². The lowest BCUT2D eigenvalue weighted by Crippen LogP contribution is -2.18. The van der Waals surface area contributed by atoms with Crippen LogP contribution in [0, 0.1) is 0 Å². The Labute approximate surface area is 371 Å². The predicted molar refractivity (Wildman–Crippen MR) is 221 cm³/mol. The monoisotopic (exact) mass is 964 g/mol. The van der Waals surface area contributed by atoms with Gasteiger partial charge in [-0.15, -0.1) is 0 Å². The van der Waals surface area contributed by atoms with E-state index < -0.39 is 92.4 Å². The lowest BCUT2D eigenvalue weighted by Gasteiger charge is -2.23. The third-order valence-electron chi connectivity index (χ3n) is 11.6. The van der Waals surface area contributed by atoms with Crippen LogP contribution in [-0.4, -0.2) is 9.13 Å². The van der Waals surface area contributed by atoms with Gasteiger partial charge in [-0.05, 0) is 83.9 Å². The molecule has 2 nitrogen and oxygen atoms in total. The van der Waals surface area contributed by atoms with Crippen molar-refractivity contribution in [3.63, 3.8) is 0 Å². The fourth-order valence-electron chi connectivity index (χ4n) is 8.89. The molecule has 2 aromatic heterocycles. The first kappa shape index (κ1) is 46.1. The highest BCUT2D eigenvalue weighted by atomic mass is 19.4. The van der Waals surface area contributed by atoms with Crippen molar-refractivity contribution in [2.45, 2.75) is 43.7 Å². The Bertz CT molecular complexity index is 3180. The lowest BCUT2D eigenvalue weighted by atomic mass is 9.89. The number of fused-ring (bicyclic) bond motifs is 7. The first-order valence-electron chi connectivity index (χ1n) is 19.8. The molecule has 68 heavy (non-hydrogen) atoms. The van der Waals surface area contributed by atoms with Gasteiger partial charge in [0.2, 0.25) is 0 Å². The Morgan fingerprint density at radius 2 is 0.662 bits per heavy atom. The van der Waals surface area contributed by atoms with Gasteiger partial charge in [-0.2, -0.15) is 65.9 Å². The molecular formula is C49H25F17N2. The van der Waals surface area contributed by atoms with Gasteiger partial charge in [-0.1, -0.05) is 60.7 Å². The molecular weight excluding hydrogens is 940 g/mol. The summed E-state index contributed by atoms with van der Waals surface area (Å²) in [7, 11) is 0. The maximum absolute atomic E-state index is 14.6. The van der Waals surface area contributed by atoms with Crippen molar-refractivity contribution in [3.05, 3.63) is 167 Å². The van der Waals surface area contributed by atoms with Crippen LogP contribution in [-0.2, 0) is 36.8 Å². The molecule has 0 aliphatic rings. The van der Waals surface area contributed by atoms with Gasteiger partial charge in [-0.25, -0.2) is 8.78 Å². The van der Waals surface area contributed by atoms with Crippen LogP contribution in [0.15, 0.2) is 133 Å². The standard InChI is InChI=1S/C49H25F17N2/c1-44(50,51)26-20-32(46(55,56)57)40(33(21-26)47(58,59)60)24-8-6-10-28(18-24)67-36-14-4-2-12-30(36)42-38(67)16-17-39-43(42)31-13-3-5-15-37(31)68(39)29-11-7-9-25(19-29)41-34(48(61,62)63)22-27(45(52,53)54)23-35(41)49(64,65)66/h2-23H,1H3. The van der Waals surface area contributed by atoms with E-state index in [1.807, 2.05) is 0 Å². The number of hydrogen-bond acceptors (Lipinski definition) is 0. The van der Waals surface area contributed by atoms with Gasteiger partial charge in [0.15, 0.2) is 0 Å². The highest BCUT2D eigenvalue weighted by Crippen LogP contribution is 2.51. The molecule has 0 saturated heterocycles. The topological polar surface area (TPSA) is 9.86 Å². The molecule has 0 fully saturated rings. The van der Waals surface area contributed by atoms with Gasteiger partial charge in [0, 0.05) is 56.5 Å². The number of halogens is 17. The van der Waals surface area contributed by atoms with Crippen molar-refractivity contribution < 1.29 is 74.6 Å². The molecule has 0 aliphatic heterocycles. The van der Waals surface area contributed by atoms with Crippen molar-refractivity contribution in [1.82, 2.24) is 9.13 Å². The highest BCUT2D eigenvalue weighted by Gasteiger charge is 2.46. The van der Waals surface area contributed by atoms with E-state index in [4.69, 9.17) is 0 Å². The van der Waals surface area contributed by atoms with Crippen LogP contribution in [0.25, 0.3) is 77.2 Å². The van der Waals surface area contributed by atoms with Crippen molar-refractivity contribution >= 4 is 43.6 Å².